The monoisotopic (exact) mass is 188 g/mol. The minimum atomic E-state index is -0.638. The fourth-order valence-electron chi connectivity index (χ4n) is 0.136. The highest BCUT2D eigenvalue weighted by Crippen LogP contribution is 2.31. The van der Waals surface area contributed by atoms with Crippen LogP contribution in [0.5, 0.6) is 0 Å². The number of rotatable bonds is 4. The topological polar surface area (TPSA) is 17.1 Å². The Morgan fingerprint density at radius 1 is 1.62 bits per heavy atom. The predicted octanol–water partition coefficient (Wildman–Crippen LogP) is 1.98. The van der Waals surface area contributed by atoms with E-state index in [1.807, 2.05) is 6.26 Å². The Labute approximate surface area is 64.0 Å². The van der Waals surface area contributed by atoms with E-state index in [1.54, 1.807) is 37.7 Å². The van der Waals surface area contributed by atoms with Gasteiger partial charge in [-0.3, -0.25) is 4.21 Å². The van der Waals surface area contributed by atoms with Crippen molar-refractivity contribution in [3.63, 3.8) is 0 Å². The first-order valence-electron chi connectivity index (χ1n) is 1.89. The summed E-state index contributed by atoms with van der Waals surface area (Å²) in [6, 6.07) is 0. The van der Waals surface area contributed by atoms with E-state index in [4.69, 9.17) is 0 Å². The molecule has 0 saturated heterocycles. The van der Waals surface area contributed by atoms with Gasteiger partial charge in [0.25, 0.3) is 0 Å². The van der Waals surface area contributed by atoms with E-state index in [0.717, 1.165) is 5.08 Å². The van der Waals surface area contributed by atoms with Crippen molar-refractivity contribution in [3.05, 3.63) is 0 Å². The minimum absolute atomic E-state index is 0.638. The SMILES string of the molecule is CSSSC[S@@](C)=O. The average molecular weight is 188 g/mol. The highest BCUT2D eigenvalue weighted by atomic mass is 33.5. The largest absolute Gasteiger partial charge is 0.259 e. The van der Waals surface area contributed by atoms with Gasteiger partial charge in [0, 0.05) is 17.1 Å². The molecule has 0 aliphatic rings. The van der Waals surface area contributed by atoms with Crippen LogP contribution in [0.3, 0.4) is 0 Å². The molecular weight excluding hydrogens is 180 g/mol. The van der Waals surface area contributed by atoms with Gasteiger partial charge in [0.05, 0.1) is 5.08 Å². The fraction of sp³-hybridized carbons (Fsp3) is 1.00. The van der Waals surface area contributed by atoms with Gasteiger partial charge in [0.2, 0.25) is 0 Å². The number of hydrogen-bond acceptors (Lipinski definition) is 4. The lowest BCUT2D eigenvalue weighted by Crippen LogP contribution is -1.84. The summed E-state index contributed by atoms with van der Waals surface area (Å²) >= 11 is 0. The minimum Gasteiger partial charge on any atom is -0.259 e. The van der Waals surface area contributed by atoms with Gasteiger partial charge in [-0.15, -0.1) is 0 Å². The Bertz CT molecular complexity index is 73.7. The third-order valence-corrected chi connectivity index (χ3v) is 5.93. The molecular formula is C3H8OS4. The molecule has 0 spiro atoms. The summed E-state index contributed by atoms with van der Waals surface area (Å²) in [6.45, 7) is 0. The van der Waals surface area contributed by atoms with Crippen LogP contribution in [0.25, 0.3) is 0 Å². The molecule has 0 heterocycles. The molecule has 0 aliphatic heterocycles. The van der Waals surface area contributed by atoms with Crippen LogP contribution in [0.2, 0.25) is 0 Å². The Balaban J connectivity index is 2.82. The average Bonchev–Trinajstić information content (AvgIpc) is 1.66. The molecule has 0 fully saturated rings. The van der Waals surface area contributed by atoms with E-state index in [1.165, 1.54) is 0 Å². The van der Waals surface area contributed by atoms with Crippen LogP contribution < -0.4 is 0 Å². The van der Waals surface area contributed by atoms with Gasteiger partial charge in [0.15, 0.2) is 0 Å². The summed E-state index contributed by atoms with van der Waals surface area (Å²) in [5, 5.41) is 0.742. The molecule has 0 radical (unpaired) electrons. The Kier molecular flexibility index (Phi) is 7.27. The van der Waals surface area contributed by atoms with E-state index in [0.29, 0.717) is 0 Å². The van der Waals surface area contributed by atoms with Crippen molar-refractivity contribution in [2.24, 2.45) is 0 Å². The third-order valence-electron chi connectivity index (χ3n) is 0.330. The smallest absolute Gasteiger partial charge is 0.0801 e. The molecule has 0 aromatic carbocycles. The maximum atomic E-state index is 10.4. The van der Waals surface area contributed by atoms with Crippen molar-refractivity contribution in [2.75, 3.05) is 17.6 Å². The Hall–Kier alpha value is 1.20. The van der Waals surface area contributed by atoms with Gasteiger partial charge < -0.3 is 0 Å². The second-order valence-electron chi connectivity index (χ2n) is 1.04. The summed E-state index contributed by atoms with van der Waals surface area (Å²) in [4.78, 5) is 0. The highest BCUT2D eigenvalue weighted by Gasteiger charge is 1.89. The quantitative estimate of drug-likeness (QED) is 0.495. The lowest BCUT2D eigenvalue weighted by atomic mass is 11.9. The first-order valence-corrected chi connectivity index (χ1v) is 7.68. The van der Waals surface area contributed by atoms with Gasteiger partial charge in [-0.05, 0) is 16.1 Å². The Morgan fingerprint density at radius 2 is 2.25 bits per heavy atom. The first kappa shape index (κ1) is 9.20. The molecule has 0 N–H and O–H groups in total. The van der Waals surface area contributed by atoms with E-state index < -0.39 is 10.8 Å². The van der Waals surface area contributed by atoms with E-state index in [2.05, 4.69) is 0 Å². The van der Waals surface area contributed by atoms with E-state index >= 15 is 0 Å². The van der Waals surface area contributed by atoms with Gasteiger partial charge in [-0.25, -0.2) is 0 Å². The maximum Gasteiger partial charge on any atom is 0.0801 e. The molecule has 1 nitrogen and oxygen atoms in total. The summed E-state index contributed by atoms with van der Waals surface area (Å²) in [5.74, 6) is 0. The van der Waals surface area contributed by atoms with E-state index in [-0.39, 0.29) is 0 Å². The standard InChI is InChI=1S/C3H8OS4/c1-5-7-6-3-8(2)4/h3H2,1-2H3/t8-/m1/s1. The molecule has 8 heavy (non-hydrogen) atoms. The zero-order valence-electron chi connectivity index (χ0n) is 4.75. The van der Waals surface area contributed by atoms with Gasteiger partial charge in [0.1, 0.15) is 0 Å². The normalized spacial score (nSPS) is 13.8. The summed E-state index contributed by atoms with van der Waals surface area (Å²) in [6.07, 6.45) is 3.73. The van der Waals surface area contributed by atoms with Crippen molar-refractivity contribution in [1.29, 1.82) is 0 Å². The summed E-state index contributed by atoms with van der Waals surface area (Å²) in [7, 11) is 4.37. The van der Waals surface area contributed by atoms with Crippen molar-refractivity contribution >= 4 is 42.2 Å². The molecule has 0 aromatic rings. The highest BCUT2D eigenvalue weighted by molar-refractivity contribution is 9.09. The molecule has 0 amide bonds. The molecule has 0 aromatic heterocycles. The third kappa shape index (κ3) is 7.20. The van der Waals surface area contributed by atoms with Crippen LogP contribution >= 0.6 is 31.4 Å². The van der Waals surface area contributed by atoms with Crippen molar-refractivity contribution in [2.45, 2.75) is 0 Å². The summed E-state index contributed by atoms with van der Waals surface area (Å²) < 4.78 is 10.4. The van der Waals surface area contributed by atoms with Gasteiger partial charge in [-0.2, -0.15) is 0 Å². The van der Waals surface area contributed by atoms with Crippen LogP contribution in [-0.4, -0.2) is 21.8 Å². The van der Waals surface area contributed by atoms with Crippen LogP contribution in [-0.2, 0) is 10.8 Å². The van der Waals surface area contributed by atoms with Crippen LogP contribution in [0, 0.1) is 0 Å². The number of hydrogen-bond donors (Lipinski definition) is 0. The van der Waals surface area contributed by atoms with Crippen LogP contribution in [0.4, 0.5) is 0 Å². The van der Waals surface area contributed by atoms with Crippen LogP contribution in [0.15, 0.2) is 0 Å². The zero-order chi connectivity index (χ0) is 6.41. The van der Waals surface area contributed by atoms with Crippen LogP contribution in [0.1, 0.15) is 0 Å². The summed E-state index contributed by atoms with van der Waals surface area (Å²) in [5.41, 5.74) is 0. The van der Waals surface area contributed by atoms with Crippen molar-refractivity contribution in [3.8, 4) is 0 Å². The molecule has 5 heteroatoms. The van der Waals surface area contributed by atoms with Crippen molar-refractivity contribution < 1.29 is 4.21 Å². The lowest BCUT2D eigenvalue weighted by molar-refractivity contribution is 0.689. The predicted molar refractivity (Wildman–Crippen MR) is 47.6 cm³/mol. The second-order valence-corrected chi connectivity index (χ2v) is 7.18. The molecule has 0 aliphatic carbocycles. The molecule has 0 unspecified atom stereocenters. The first-order chi connectivity index (χ1) is 3.77. The molecule has 50 valence electrons. The fourth-order valence-corrected chi connectivity index (χ4v) is 4.72. The molecule has 1 atom stereocenters. The van der Waals surface area contributed by atoms with Gasteiger partial charge in [-0.1, -0.05) is 21.6 Å². The lowest BCUT2D eigenvalue weighted by Gasteiger charge is -1.90. The molecule has 0 saturated carbocycles. The maximum absolute atomic E-state index is 10.4. The second kappa shape index (κ2) is 6.32. The zero-order valence-corrected chi connectivity index (χ0v) is 8.01. The molecule has 0 rings (SSSR count). The Morgan fingerprint density at radius 3 is 2.62 bits per heavy atom. The van der Waals surface area contributed by atoms with E-state index in [9.17, 15) is 4.21 Å². The van der Waals surface area contributed by atoms with Crippen molar-refractivity contribution in [1.82, 2.24) is 0 Å². The molecule has 0 bridgehead atoms. The van der Waals surface area contributed by atoms with Gasteiger partial charge >= 0.3 is 0 Å².